The number of rotatable bonds is 7. The molecule has 0 aliphatic rings. The van der Waals surface area contributed by atoms with Crippen molar-refractivity contribution < 1.29 is 4.74 Å². The van der Waals surface area contributed by atoms with E-state index in [1.54, 1.807) is 12.4 Å². The normalized spacial score (nSPS) is 12.4. The van der Waals surface area contributed by atoms with Gasteiger partial charge in [0.1, 0.15) is 5.75 Å². The third-order valence-corrected chi connectivity index (χ3v) is 2.54. The SMILES string of the molecule is CCOc1cncc(C(CCCCl)NN)c1. The second-order valence-corrected chi connectivity index (χ2v) is 3.82. The highest BCUT2D eigenvalue weighted by Crippen LogP contribution is 2.21. The zero-order chi connectivity index (χ0) is 11.8. The molecule has 1 atom stereocenters. The van der Waals surface area contributed by atoms with Gasteiger partial charge in [0.05, 0.1) is 12.8 Å². The van der Waals surface area contributed by atoms with Crippen LogP contribution in [0.1, 0.15) is 31.4 Å². The van der Waals surface area contributed by atoms with Gasteiger partial charge in [-0.2, -0.15) is 0 Å². The molecule has 0 radical (unpaired) electrons. The van der Waals surface area contributed by atoms with E-state index < -0.39 is 0 Å². The first-order chi connectivity index (χ1) is 7.81. The molecule has 1 aromatic heterocycles. The maximum absolute atomic E-state index is 5.66. The largest absolute Gasteiger partial charge is 0.492 e. The van der Waals surface area contributed by atoms with Gasteiger partial charge in [0, 0.05) is 18.1 Å². The molecule has 0 fully saturated rings. The predicted molar refractivity (Wildman–Crippen MR) is 65.4 cm³/mol. The fourth-order valence-electron chi connectivity index (χ4n) is 1.50. The van der Waals surface area contributed by atoms with E-state index in [-0.39, 0.29) is 6.04 Å². The van der Waals surface area contributed by atoms with Crippen molar-refractivity contribution in [2.75, 3.05) is 12.5 Å². The maximum atomic E-state index is 5.66. The number of halogens is 1. The summed E-state index contributed by atoms with van der Waals surface area (Å²) in [6.45, 7) is 2.58. The van der Waals surface area contributed by atoms with Gasteiger partial charge < -0.3 is 4.74 Å². The lowest BCUT2D eigenvalue weighted by Crippen LogP contribution is -2.28. The smallest absolute Gasteiger partial charge is 0.137 e. The Morgan fingerprint density at radius 3 is 3.00 bits per heavy atom. The molecular formula is C11H18ClN3O. The summed E-state index contributed by atoms with van der Waals surface area (Å²) in [5.74, 6) is 6.91. The standard InChI is InChI=1S/C11H18ClN3O/c1-2-16-10-6-9(7-14-8-10)11(15-13)4-3-5-12/h6-8,11,15H,2-5,13H2,1H3. The zero-order valence-electron chi connectivity index (χ0n) is 9.45. The van der Waals surface area contributed by atoms with Gasteiger partial charge in [-0.15, -0.1) is 11.6 Å². The number of pyridine rings is 1. The Morgan fingerprint density at radius 2 is 2.38 bits per heavy atom. The van der Waals surface area contributed by atoms with E-state index in [2.05, 4.69) is 10.4 Å². The molecule has 0 spiro atoms. The number of hydrogen-bond acceptors (Lipinski definition) is 4. The molecule has 1 unspecified atom stereocenters. The number of hydrogen-bond donors (Lipinski definition) is 2. The Bertz CT molecular complexity index is 309. The van der Waals surface area contributed by atoms with Crippen LogP contribution in [0.5, 0.6) is 5.75 Å². The summed E-state index contributed by atoms with van der Waals surface area (Å²) in [5.41, 5.74) is 3.79. The lowest BCUT2D eigenvalue weighted by atomic mass is 10.1. The fourth-order valence-corrected chi connectivity index (χ4v) is 1.65. The summed E-state index contributed by atoms with van der Waals surface area (Å²) in [5, 5.41) is 0. The molecule has 5 heteroatoms. The summed E-state index contributed by atoms with van der Waals surface area (Å²) < 4.78 is 5.39. The summed E-state index contributed by atoms with van der Waals surface area (Å²) in [7, 11) is 0. The minimum Gasteiger partial charge on any atom is -0.492 e. The zero-order valence-corrected chi connectivity index (χ0v) is 10.2. The average Bonchev–Trinajstić information content (AvgIpc) is 2.31. The lowest BCUT2D eigenvalue weighted by molar-refractivity contribution is 0.337. The third-order valence-electron chi connectivity index (χ3n) is 2.28. The number of alkyl halides is 1. The highest BCUT2D eigenvalue weighted by Gasteiger charge is 2.10. The Kier molecular flexibility index (Phi) is 6.15. The first kappa shape index (κ1) is 13.2. The number of nitrogens with one attached hydrogen (secondary N) is 1. The van der Waals surface area contributed by atoms with E-state index in [0.29, 0.717) is 12.5 Å². The molecule has 3 N–H and O–H groups in total. The van der Waals surface area contributed by atoms with E-state index in [0.717, 1.165) is 24.2 Å². The molecule has 0 aromatic carbocycles. The van der Waals surface area contributed by atoms with E-state index >= 15 is 0 Å². The van der Waals surface area contributed by atoms with Crippen LogP contribution in [0.15, 0.2) is 18.5 Å². The van der Waals surface area contributed by atoms with Crippen LogP contribution < -0.4 is 16.0 Å². The van der Waals surface area contributed by atoms with Crippen LogP contribution in [0.3, 0.4) is 0 Å². The van der Waals surface area contributed by atoms with E-state index in [1.165, 1.54) is 0 Å². The van der Waals surface area contributed by atoms with Crippen molar-refractivity contribution in [1.29, 1.82) is 0 Å². The minimum absolute atomic E-state index is 0.0756. The minimum atomic E-state index is 0.0756. The Labute approximate surface area is 101 Å². The molecule has 4 nitrogen and oxygen atoms in total. The summed E-state index contributed by atoms with van der Waals surface area (Å²) in [6.07, 6.45) is 5.29. The van der Waals surface area contributed by atoms with E-state index in [4.69, 9.17) is 22.2 Å². The van der Waals surface area contributed by atoms with Crippen LogP contribution >= 0.6 is 11.6 Å². The van der Waals surface area contributed by atoms with Crippen molar-refractivity contribution >= 4 is 11.6 Å². The number of nitrogens with two attached hydrogens (primary N) is 1. The second kappa shape index (κ2) is 7.44. The molecule has 0 aliphatic carbocycles. The van der Waals surface area contributed by atoms with Crippen molar-refractivity contribution in [2.24, 2.45) is 5.84 Å². The molecule has 90 valence electrons. The fraction of sp³-hybridized carbons (Fsp3) is 0.545. The first-order valence-corrected chi connectivity index (χ1v) is 5.95. The number of nitrogens with zero attached hydrogens (tertiary/aromatic N) is 1. The molecular weight excluding hydrogens is 226 g/mol. The quantitative estimate of drug-likeness (QED) is 0.437. The van der Waals surface area contributed by atoms with Crippen LogP contribution in [0, 0.1) is 0 Å². The monoisotopic (exact) mass is 243 g/mol. The highest BCUT2D eigenvalue weighted by molar-refractivity contribution is 6.17. The van der Waals surface area contributed by atoms with Gasteiger partial charge in [-0.25, -0.2) is 0 Å². The van der Waals surface area contributed by atoms with Gasteiger partial charge in [0.25, 0.3) is 0 Å². The average molecular weight is 244 g/mol. The Hall–Kier alpha value is -0.840. The molecule has 1 heterocycles. The summed E-state index contributed by atoms with van der Waals surface area (Å²) in [6, 6.07) is 2.03. The first-order valence-electron chi connectivity index (χ1n) is 5.41. The molecule has 0 saturated heterocycles. The van der Waals surface area contributed by atoms with Crippen molar-refractivity contribution in [3.05, 3.63) is 24.0 Å². The maximum Gasteiger partial charge on any atom is 0.137 e. The second-order valence-electron chi connectivity index (χ2n) is 3.44. The lowest BCUT2D eigenvalue weighted by Gasteiger charge is -2.16. The molecule has 0 amide bonds. The van der Waals surface area contributed by atoms with Gasteiger partial charge in [-0.3, -0.25) is 16.3 Å². The molecule has 1 rings (SSSR count). The van der Waals surface area contributed by atoms with E-state index in [1.807, 2.05) is 13.0 Å². The van der Waals surface area contributed by atoms with Gasteiger partial charge in [0.15, 0.2) is 0 Å². The van der Waals surface area contributed by atoms with Gasteiger partial charge >= 0.3 is 0 Å². The molecule has 0 aliphatic heterocycles. The van der Waals surface area contributed by atoms with Crippen molar-refractivity contribution in [3.63, 3.8) is 0 Å². The number of aromatic nitrogens is 1. The summed E-state index contributed by atoms with van der Waals surface area (Å²) in [4.78, 5) is 4.13. The molecule has 1 aromatic rings. The summed E-state index contributed by atoms with van der Waals surface area (Å²) >= 11 is 5.66. The number of hydrazine groups is 1. The molecule has 0 bridgehead atoms. The molecule has 16 heavy (non-hydrogen) atoms. The van der Waals surface area contributed by atoms with Crippen LogP contribution in [0.2, 0.25) is 0 Å². The van der Waals surface area contributed by atoms with E-state index in [9.17, 15) is 0 Å². The van der Waals surface area contributed by atoms with Crippen LogP contribution in [-0.2, 0) is 0 Å². The van der Waals surface area contributed by atoms with Crippen molar-refractivity contribution in [2.45, 2.75) is 25.8 Å². The van der Waals surface area contributed by atoms with Gasteiger partial charge in [-0.05, 0) is 31.4 Å². The van der Waals surface area contributed by atoms with Crippen LogP contribution in [0.25, 0.3) is 0 Å². The molecule has 0 saturated carbocycles. The topological polar surface area (TPSA) is 60.2 Å². The van der Waals surface area contributed by atoms with Crippen LogP contribution in [-0.4, -0.2) is 17.5 Å². The van der Waals surface area contributed by atoms with Gasteiger partial charge in [0.2, 0.25) is 0 Å². The number of ether oxygens (including phenoxy) is 1. The highest BCUT2D eigenvalue weighted by atomic mass is 35.5. The van der Waals surface area contributed by atoms with Crippen molar-refractivity contribution in [3.8, 4) is 5.75 Å². The third kappa shape index (κ3) is 3.96. The van der Waals surface area contributed by atoms with Crippen LogP contribution in [0.4, 0.5) is 0 Å². The predicted octanol–water partition coefficient (Wildman–Crippen LogP) is 2.00. The Morgan fingerprint density at radius 1 is 1.56 bits per heavy atom. The van der Waals surface area contributed by atoms with Crippen molar-refractivity contribution in [1.82, 2.24) is 10.4 Å². The van der Waals surface area contributed by atoms with Gasteiger partial charge in [-0.1, -0.05) is 0 Å². The Balaban J connectivity index is 2.71.